The summed E-state index contributed by atoms with van der Waals surface area (Å²) in [5.41, 5.74) is 1.04. The molecule has 2 aromatic rings. The molecule has 0 atom stereocenters. The van der Waals surface area contributed by atoms with E-state index in [2.05, 4.69) is 0 Å². The number of nitrogens with zero attached hydrogens (tertiary/aromatic N) is 1. The molecule has 0 aromatic heterocycles. The third kappa shape index (κ3) is 2.79. The minimum atomic E-state index is -1.13. The van der Waals surface area contributed by atoms with Gasteiger partial charge in [-0.15, -0.1) is 0 Å². The van der Waals surface area contributed by atoms with Gasteiger partial charge in [0, 0.05) is 0 Å². The minimum absolute atomic E-state index is 0.0264. The summed E-state index contributed by atoms with van der Waals surface area (Å²) in [6.45, 7) is 1.78. The number of carboxylic acids is 1. The molecule has 0 aliphatic carbocycles. The van der Waals surface area contributed by atoms with Gasteiger partial charge in [-0.05, 0) is 30.7 Å². The van der Waals surface area contributed by atoms with Crippen LogP contribution in [0.4, 0.5) is 0 Å². The van der Waals surface area contributed by atoms with Crippen molar-refractivity contribution in [3.05, 3.63) is 53.1 Å². The highest BCUT2D eigenvalue weighted by molar-refractivity contribution is 5.92. The number of rotatable bonds is 4. The zero-order valence-corrected chi connectivity index (χ0v) is 11.6. The van der Waals surface area contributed by atoms with Gasteiger partial charge in [0.1, 0.15) is 17.4 Å². The molecule has 5 heteroatoms. The number of methoxy groups -OCH3 is 1. The lowest BCUT2D eigenvalue weighted by Crippen LogP contribution is -2.03. The molecule has 2 rings (SSSR count). The van der Waals surface area contributed by atoms with Crippen LogP contribution in [0, 0.1) is 18.3 Å². The van der Waals surface area contributed by atoms with E-state index in [0.29, 0.717) is 17.1 Å². The van der Waals surface area contributed by atoms with Crippen molar-refractivity contribution in [1.29, 1.82) is 5.26 Å². The maximum Gasteiger partial charge on any atom is 0.339 e. The van der Waals surface area contributed by atoms with Crippen molar-refractivity contribution in [1.82, 2.24) is 0 Å². The maximum absolute atomic E-state index is 11.3. The van der Waals surface area contributed by atoms with Crippen molar-refractivity contribution in [2.24, 2.45) is 0 Å². The molecule has 5 nitrogen and oxygen atoms in total. The molecule has 0 saturated heterocycles. The van der Waals surface area contributed by atoms with Crippen molar-refractivity contribution >= 4 is 5.97 Å². The quantitative estimate of drug-likeness (QED) is 0.930. The summed E-state index contributed by atoms with van der Waals surface area (Å²) >= 11 is 0. The summed E-state index contributed by atoms with van der Waals surface area (Å²) in [5, 5.41) is 18.4. The zero-order chi connectivity index (χ0) is 15.4. The van der Waals surface area contributed by atoms with Gasteiger partial charge in [-0.1, -0.05) is 18.2 Å². The third-order valence-corrected chi connectivity index (χ3v) is 2.97. The van der Waals surface area contributed by atoms with E-state index in [9.17, 15) is 9.90 Å². The van der Waals surface area contributed by atoms with Crippen molar-refractivity contribution in [3.63, 3.8) is 0 Å². The second-order valence-corrected chi connectivity index (χ2v) is 4.31. The highest BCUT2D eigenvalue weighted by Gasteiger charge is 2.19. The first-order valence-corrected chi connectivity index (χ1v) is 6.16. The normalized spacial score (nSPS) is 9.76. The van der Waals surface area contributed by atoms with Crippen LogP contribution < -0.4 is 9.47 Å². The second kappa shape index (κ2) is 5.97. The number of carbonyl (C=O) groups is 1. The van der Waals surface area contributed by atoms with Gasteiger partial charge < -0.3 is 14.6 Å². The number of aryl methyl sites for hydroxylation is 1. The molecule has 106 valence electrons. The molecular formula is C16H13NO4. The molecule has 1 N–H and O–H groups in total. The molecule has 0 unspecified atom stereocenters. The van der Waals surface area contributed by atoms with Crippen molar-refractivity contribution in [3.8, 4) is 23.3 Å². The fourth-order valence-electron chi connectivity index (χ4n) is 1.93. The molecule has 0 heterocycles. The fourth-order valence-corrected chi connectivity index (χ4v) is 1.93. The summed E-state index contributed by atoms with van der Waals surface area (Å²) in [4.78, 5) is 11.3. The molecule has 0 aliphatic rings. The van der Waals surface area contributed by atoms with Crippen molar-refractivity contribution in [2.75, 3.05) is 7.11 Å². The number of carboxylic acid groups (broad SMARTS) is 1. The second-order valence-electron chi connectivity index (χ2n) is 4.31. The minimum Gasteiger partial charge on any atom is -0.493 e. The van der Waals surface area contributed by atoms with Gasteiger partial charge in [-0.25, -0.2) is 4.79 Å². The molecular weight excluding hydrogens is 270 g/mol. The van der Waals surface area contributed by atoms with E-state index in [0.717, 1.165) is 5.56 Å². The van der Waals surface area contributed by atoms with Crippen LogP contribution in [0.5, 0.6) is 17.2 Å². The summed E-state index contributed by atoms with van der Waals surface area (Å²) in [6, 6.07) is 11.8. The van der Waals surface area contributed by atoms with Crippen molar-refractivity contribution < 1.29 is 19.4 Å². The number of benzene rings is 2. The van der Waals surface area contributed by atoms with E-state index in [4.69, 9.17) is 14.7 Å². The summed E-state index contributed by atoms with van der Waals surface area (Å²) in [5.74, 6) is -0.427. The first-order chi connectivity index (χ1) is 10.1. The summed E-state index contributed by atoms with van der Waals surface area (Å²) in [6.07, 6.45) is 0. The molecule has 0 radical (unpaired) electrons. The van der Waals surface area contributed by atoms with E-state index in [1.54, 1.807) is 37.3 Å². The number of aromatic carboxylic acids is 1. The van der Waals surface area contributed by atoms with Crippen LogP contribution >= 0.6 is 0 Å². The maximum atomic E-state index is 11.3. The fraction of sp³-hybridized carbons (Fsp3) is 0.125. The predicted molar refractivity (Wildman–Crippen MR) is 75.9 cm³/mol. The Labute approximate surface area is 122 Å². The smallest absolute Gasteiger partial charge is 0.339 e. The Morgan fingerprint density at radius 2 is 1.90 bits per heavy atom. The van der Waals surface area contributed by atoms with Gasteiger partial charge in [0.2, 0.25) is 0 Å². The Morgan fingerprint density at radius 3 is 2.52 bits per heavy atom. The van der Waals surface area contributed by atoms with E-state index in [1.807, 2.05) is 6.07 Å². The summed E-state index contributed by atoms with van der Waals surface area (Å²) < 4.78 is 10.9. The number of hydrogen-bond acceptors (Lipinski definition) is 4. The molecule has 0 saturated carbocycles. The average Bonchev–Trinajstić information content (AvgIpc) is 2.49. The lowest BCUT2D eigenvalue weighted by Gasteiger charge is -2.15. The number of hydrogen-bond donors (Lipinski definition) is 1. The Morgan fingerprint density at radius 1 is 1.19 bits per heavy atom. The largest absolute Gasteiger partial charge is 0.493 e. The van der Waals surface area contributed by atoms with E-state index in [-0.39, 0.29) is 11.3 Å². The summed E-state index contributed by atoms with van der Waals surface area (Å²) in [7, 11) is 1.43. The van der Waals surface area contributed by atoms with E-state index < -0.39 is 5.97 Å². The van der Waals surface area contributed by atoms with Gasteiger partial charge >= 0.3 is 5.97 Å². The molecule has 2 aromatic carbocycles. The molecule has 0 bridgehead atoms. The van der Waals surface area contributed by atoms with Crippen LogP contribution in [0.15, 0.2) is 36.4 Å². The van der Waals surface area contributed by atoms with Gasteiger partial charge in [-0.3, -0.25) is 0 Å². The highest BCUT2D eigenvalue weighted by Crippen LogP contribution is 2.37. The van der Waals surface area contributed by atoms with Gasteiger partial charge in [0.25, 0.3) is 0 Å². The lowest BCUT2D eigenvalue weighted by atomic mass is 10.1. The van der Waals surface area contributed by atoms with E-state index in [1.165, 1.54) is 13.2 Å². The van der Waals surface area contributed by atoms with E-state index >= 15 is 0 Å². The first kappa shape index (κ1) is 14.4. The van der Waals surface area contributed by atoms with Crippen molar-refractivity contribution in [2.45, 2.75) is 6.92 Å². The number of para-hydroxylation sites is 2. The zero-order valence-electron chi connectivity index (χ0n) is 11.6. The highest BCUT2D eigenvalue weighted by atomic mass is 16.5. The van der Waals surface area contributed by atoms with Crippen LogP contribution in [0.3, 0.4) is 0 Å². The molecule has 0 amide bonds. The van der Waals surface area contributed by atoms with Crippen LogP contribution in [0.1, 0.15) is 21.5 Å². The van der Waals surface area contributed by atoms with Crippen LogP contribution in [0.25, 0.3) is 0 Å². The Balaban J connectivity index is 2.59. The van der Waals surface area contributed by atoms with Crippen LogP contribution in [0.2, 0.25) is 0 Å². The Bertz CT molecular complexity index is 732. The first-order valence-electron chi connectivity index (χ1n) is 6.16. The van der Waals surface area contributed by atoms with Gasteiger partial charge in [0.05, 0.1) is 12.7 Å². The van der Waals surface area contributed by atoms with Crippen LogP contribution in [-0.2, 0) is 0 Å². The topological polar surface area (TPSA) is 79.6 Å². The van der Waals surface area contributed by atoms with Gasteiger partial charge in [0.15, 0.2) is 11.5 Å². The number of ether oxygens (including phenoxy) is 2. The van der Waals surface area contributed by atoms with Crippen LogP contribution in [-0.4, -0.2) is 18.2 Å². The Kier molecular flexibility index (Phi) is 4.10. The lowest BCUT2D eigenvalue weighted by molar-refractivity contribution is 0.0693. The predicted octanol–water partition coefficient (Wildman–Crippen LogP) is 3.37. The number of nitriles is 1. The standard InChI is InChI=1S/C16H13NO4/c1-10-5-3-6-11(9-17)14(10)21-15-12(16(18)19)7-4-8-13(15)20-2/h3-8H,1-2H3,(H,18,19). The molecule has 0 spiro atoms. The van der Waals surface area contributed by atoms with Gasteiger partial charge in [-0.2, -0.15) is 5.26 Å². The molecule has 21 heavy (non-hydrogen) atoms. The molecule has 0 fully saturated rings. The molecule has 0 aliphatic heterocycles. The monoisotopic (exact) mass is 283 g/mol. The SMILES string of the molecule is COc1cccc(C(=O)O)c1Oc1c(C)cccc1C#N. The third-order valence-electron chi connectivity index (χ3n) is 2.97. The Hall–Kier alpha value is -3.00. The average molecular weight is 283 g/mol.